The summed E-state index contributed by atoms with van der Waals surface area (Å²) in [6, 6.07) is 21.6. The molecule has 4 aromatic rings. The highest BCUT2D eigenvalue weighted by molar-refractivity contribution is 7.89. The lowest BCUT2D eigenvalue weighted by Gasteiger charge is -2.23. The first-order chi connectivity index (χ1) is 15.0. The van der Waals surface area contributed by atoms with Crippen molar-refractivity contribution >= 4 is 26.8 Å². The first-order valence-electron chi connectivity index (χ1n) is 9.98. The number of sulfonamides is 1. The molecule has 6 nitrogen and oxygen atoms in total. The van der Waals surface area contributed by atoms with Gasteiger partial charge in [0.1, 0.15) is 0 Å². The summed E-state index contributed by atoms with van der Waals surface area (Å²) in [6.07, 6.45) is 3.73. The second-order valence-corrected chi connectivity index (χ2v) is 9.29. The minimum absolute atomic E-state index is 0.217. The van der Waals surface area contributed by atoms with Crippen LogP contribution in [-0.2, 0) is 10.0 Å². The van der Waals surface area contributed by atoms with Crippen LogP contribution in [0.2, 0.25) is 0 Å². The SMILES string of the molecule is Cc1ccc(C2CC(c3cccc4nccnc34)=NN2S(=O)(=O)c2ccccc2)cc1. The largest absolute Gasteiger partial charge is 0.279 e. The molecule has 31 heavy (non-hydrogen) atoms. The minimum atomic E-state index is -3.83. The maximum absolute atomic E-state index is 13.5. The number of fused-ring (bicyclic) bond motifs is 1. The van der Waals surface area contributed by atoms with Crippen molar-refractivity contribution in [3.8, 4) is 0 Å². The predicted molar refractivity (Wildman–Crippen MR) is 120 cm³/mol. The Hall–Kier alpha value is -3.58. The van der Waals surface area contributed by atoms with Crippen LogP contribution < -0.4 is 0 Å². The fraction of sp³-hybridized carbons (Fsp3) is 0.125. The summed E-state index contributed by atoms with van der Waals surface area (Å²) in [4.78, 5) is 9.05. The van der Waals surface area contributed by atoms with Gasteiger partial charge in [-0.1, -0.05) is 60.2 Å². The summed E-state index contributed by atoms with van der Waals surface area (Å²) >= 11 is 0. The molecule has 7 heteroatoms. The Morgan fingerprint density at radius 1 is 0.871 bits per heavy atom. The molecule has 0 fully saturated rings. The van der Waals surface area contributed by atoms with E-state index in [0.717, 1.165) is 22.2 Å². The van der Waals surface area contributed by atoms with E-state index >= 15 is 0 Å². The average molecular weight is 429 g/mol. The van der Waals surface area contributed by atoms with Crippen LogP contribution in [-0.4, -0.2) is 28.5 Å². The third-order valence-electron chi connectivity index (χ3n) is 5.43. The van der Waals surface area contributed by atoms with Gasteiger partial charge in [-0.3, -0.25) is 9.97 Å². The van der Waals surface area contributed by atoms with Crippen LogP contribution in [0.25, 0.3) is 11.0 Å². The number of para-hydroxylation sites is 1. The highest BCUT2D eigenvalue weighted by atomic mass is 32.2. The van der Waals surface area contributed by atoms with Gasteiger partial charge in [0.25, 0.3) is 10.0 Å². The van der Waals surface area contributed by atoms with E-state index < -0.39 is 16.1 Å². The monoisotopic (exact) mass is 428 g/mol. The molecule has 154 valence electrons. The van der Waals surface area contributed by atoms with Crippen molar-refractivity contribution in [2.75, 3.05) is 0 Å². The van der Waals surface area contributed by atoms with Crippen LogP contribution in [0.4, 0.5) is 0 Å². The zero-order valence-electron chi connectivity index (χ0n) is 16.9. The molecule has 1 unspecified atom stereocenters. The predicted octanol–water partition coefficient (Wildman–Crippen LogP) is 4.48. The summed E-state index contributed by atoms with van der Waals surface area (Å²) in [5, 5.41) is 4.63. The quantitative estimate of drug-likeness (QED) is 0.480. The number of benzene rings is 3. The maximum Gasteiger partial charge on any atom is 0.279 e. The first-order valence-corrected chi connectivity index (χ1v) is 11.4. The lowest BCUT2D eigenvalue weighted by atomic mass is 9.97. The second kappa shape index (κ2) is 7.59. The van der Waals surface area contributed by atoms with Crippen LogP contribution in [0.3, 0.4) is 0 Å². The molecule has 0 bridgehead atoms. The van der Waals surface area contributed by atoms with E-state index in [1.54, 1.807) is 42.7 Å². The van der Waals surface area contributed by atoms with Crippen LogP contribution in [0.1, 0.15) is 29.2 Å². The van der Waals surface area contributed by atoms with E-state index in [-0.39, 0.29) is 4.90 Å². The summed E-state index contributed by atoms with van der Waals surface area (Å²) in [7, 11) is -3.83. The highest BCUT2D eigenvalue weighted by Crippen LogP contribution is 2.38. The van der Waals surface area contributed by atoms with Gasteiger partial charge in [-0.25, -0.2) is 0 Å². The van der Waals surface area contributed by atoms with E-state index in [1.165, 1.54) is 4.41 Å². The zero-order chi connectivity index (χ0) is 21.4. The molecule has 0 saturated carbocycles. The summed E-state index contributed by atoms with van der Waals surface area (Å²) in [5.74, 6) is 0. The Labute approximate surface area is 181 Å². The molecule has 3 aromatic carbocycles. The Morgan fingerprint density at radius 2 is 1.61 bits per heavy atom. The van der Waals surface area contributed by atoms with Gasteiger partial charge in [-0.15, -0.1) is 0 Å². The third kappa shape index (κ3) is 3.47. The van der Waals surface area contributed by atoms with E-state index in [0.29, 0.717) is 17.6 Å². The summed E-state index contributed by atoms with van der Waals surface area (Å²) in [5.41, 5.74) is 4.95. The van der Waals surface area contributed by atoms with Crippen molar-refractivity contribution in [2.45, 2.75) is 24.3 Å². The van der Waals surface area contributed by atoms with Crippen LogP contribution in [0.15, 0.2) is 95.2 Å². The molecular formula is C24H20N4O2S. The maximum atomic E-state index is 13.5. The number of nitrogens with zero attached hydrogens (tertiary/aromatic N) is 4. The van der Waals surface area contributed by atoms with Crippen LogP contribution in [0.5, 0.6) is 0 Å². The van der Waals surface area contributed by atoms with Crippen LogP contribution in [0, 0.1) is 6.92 Å². The third-order valence-corrected chi connectivity index (χ3v) is 7.13. The van der Waals surface area contributed by atoms with Gasteiger partial charge in [0, 0.05) is 24.4 Å². The molecule has 0 N–H and O–H groups in total. The summed E-state index contributed by atoms with van der Waals surface area (Å²) in [6.45, 7) is 2.01. The Morgan fingerprint density at radius 3 is 2.39 bits per heavy atom. The van der Waals surface area contributed by atoms with Gasteiger partial charge in [0.05, 0.1) is 27.7 Å². The number of rotatable bonds is 4. The Kier molecular flexibility index (Phi) is 4.75. The molecule has 0 aliphatic carbocycles. The molecule has 1 aliphatic heterocycles. The van der Waals surface area contributed by atoms with Crippen molar-refractivity contribution in [3.05, 3.63) is 102 Å². The smallest absolute Gasteiger partial charge is 0.253 e. The molecule has 1 aliphatic rings. The van der Waals surface area contributed by atoms with Gasteiger partial charge in [-0.2, -0.15) is 17.9 Å². The van der Waals surface area contributed by atoms with Gasteiger partial charge < -0.3 is 0 Å². The minimum Gasteiger partial charge on any atom is -0.253 e. The summed E-state index contributed by atoms with van der Waals surface area (Å²) < 4.78 is 28.3. The van der Waals surface area contributed by atoms with Gasteiger partial charge in [-0.05, 0) is 30.7 Å². The van der Waals surface area contributed by atoms with E-state index in [2.05, 4.69) is 15.1 Å². The van der Waals surface area contributed by atoms with Crippen LogP contribution >= 0.6 is 0 Å². The topological polar surface area (TPSA) is 75.5 Å². The van der Waals surface area contributed by atoms with E-state index in [4.69, 9.17) is 0 Å². The lowest BCUT2D eigenvalue weighted by molar-refractivity contribution is 0.371. The lowest BCUT2D eigenvalue weighted by Crippen LogP contribution is -2.27. The molecule has 5 rings (SSSR count). The molecule has 0 amide bonds. The van der Waals surface area contributed by atoms with Gasteiger partial charge in [0.15, 0.2) is 0 Å². The highest BCUT2D eigenvalue weighted by Gasteiger charge is 2.38. The van der Waals surface area contributed by atoms with E-state index in [1.807, 2.05) is 49.4 Å². The van der Waals surface area contributed by atoms with Crippen molar-refractivity contribution in [2.24, 2.45) is 5.10 Å². The molecular weight excluding hydrogens is 408 g/mol. The Bertz CT molecular complexity index is 1380. The number of hydrogen-bond donors (Lipinski definition) is 0. The average Bonchev–Trinajstić information content (AvgIpc) is 3.26. The normalized spacial score (nSPS) is 16.5. The molecule has 0 spiro atoms. The standard InChI is InChI=1S/C24H20N4O2S/c1-17-10-12-18(13-11-17)23-16-22(20-8-5-9-21-24(20)26-15-14-25-21)27-28(23)31(29,30)19-6-3-2-4-7-19/h2-15,23H,16H2,1H3. The molecule has 0 saturated heterocycles. The Balaban J connectivity index is 1.66. The molecule has 1 atom stereocenters. The fourth-order valence-electron chi connectivity index (χ4n) is 3.84. The van der Waals surface area contributed by atoms with Crippen molar-refractivity contribution in [1.82, 2.24) is 14.4 Å². The number of hydrazone groups is 1. The zero-order valence-corrected chi connectivity index (χ0v) is 17.7. The fourth-order valence-corrected chi connectivity index (χ4v) is 5.29. The van der Waals surface area contributed by atoms with Gasteiger partial charge >= 0.3 is 0 Å². The molecule has 1 aromatic heterocycles. The number of hydrogen-bond acceptors (Lipinski definition) is 5. The number of aromatic nitrogens is 2. The number of aryl methyl sites for hydroxylation is 1. The second-order valence-electron chi connectivity index (χ2n) is 7.50. The van der Waals surface area contributed by atoms with Gasteiger partial charge in [0.2, 0.25) is 0 Å². The van der Waals surface area contributed by atoms with E-state index in [9.17, 15) is 8.42 Å². The molecule has 2 heterocycles. The molecule has 0 radical (unpaired) electrons. The van der Waals surface area contributed by atoms with Crippen molar-refractivity contribution in [1.29, 1.82) is 0 Å². The van der Waals surface area contributed by atoms with Crippen molar-refractivity contribution < 1.29 is 8.42 Å². The van der Waals surface area contributed by atoms with Crippen molar-refractivity contribution in [3.63, 3.8) is 0 Å². The first kappa shape index (κ1) is 19.4.